The van der Waals surface area contributed by atoms with Crippen LogP contribution >= 0.6 is 11.8 Å². The minimum absolute atomic E-state index is 0.110. The minimum Gasteiger partial charge on any atom is -0.497 e. The highest BCUT2D eigenvalue weighted by Crippen LogP contribution is 2.30. The number of sulfonamides is 1. The number of carbonyl (C=O) groups excluding carboxylic acids is 1. The first-order valence-corrected chi connectivity index (χ1v) is 15.5. The summed E-state index contributed by atoms with van der Waals surface area (Å²) in [7, 11) is -1.95. The number of nitrogens with zero attached hydrogens (tertiary/aromatic N) is 4. The van der Waals surface area contributed by atoms with Gasteiger partial charge in [-0.25, -0.2) is 8.42 Å². The minimum atomic E-state index is -3.58. The molecule has 1 aliphatic heterocycles. The second-order valence-corrected chi connectivity index (χ2v) is 12.2. The van der Waals surface area contributed by atoms with E-state index in [1.807, 2.05) is 65.2 Å². The summed E-state index contributed by atoms with van der Waals surface area (Å²) in [6, 6.07) is 24.2. The fraction of sp³-hybridized carbons (Fsp3) is 0.276. The first-order valence-electron chi connectivity index (χ1n) is 13.1. The highest BCUT2D eigenvalue weighted by atomic mass is 32.2. The number of ether oxygens (including phenoxy) is 1. The average molecular weight is 578 g/mol. The molecule has 0 spiro atoms. The van der Waals surface area contributed by atoms with Crippen LogP contribution in [-0.2, 0) is 21.2 Å². The first-order chi connectivity index (χ1) is 19.5. The third-order valence-electron chi connectivity index (χ3n) is 6.67. The first kappa shape index (κ1) is 27.9. The van der Waals surface area contributed by atoms with Crippen molar-refractivity contribution in [2.75, 3.05) is 32.5 Å². The lowest BCUT2D eigenvalue weighted by atomic mass is 10.1. The lowest BCUT2D eigenvalue weighted by Gasteiger charge is -2.16. The number of thioether (sulfide) groups is 1. The maximum Gasteiger partial charge on any atom is 0.243 e. The predicted molar refractivity (Wildman–Crippen MR) is 155 cm³/mol. The second-order valence-electron chi connectivity index (χ2n) is 9.35. The maximum absolute atomic E-state index is 13.2. The molecule has 0 saturated carbocycles. The quantitative estimate of drug-likeness (QED) is 0.267. The topological polar surface area (TPSA) is 106 Å². The van der Waals surface area contributed by atoms with Crippen molar-refractivity contribution in [1.82, 2.24) is 24.4 Å². The van der Waals surface area contributed by atoms with Crippen LogP contribution in [0.4, 0.5) is 0 Å². The monoisotopic (exact) mass is 577 g/mol. The molecule has 208 valence electrons. The number of methoxy groups -OCH3 is 1. The van der Waals surface area contributed by atoms with Crippen LogP contribution in [0.2, 0.25) is 0 Å². The van der Waals surface area contributed by atoms with Crippen molar-refractivity contribution >= 4 is 27.7 Å². The van der Waals surface area contributed by atoms with E-state index < -0.39 is 10.0 Å². The summed E-state index contributed by atoms with van der Waals surface area (Å²) in [5.74, 6) is 1.36. The van der Waals surface area contributed by atoms with Gasteiger partial charge in [0, 0.05) is 30.9 Å². The molecule has 1 aromatic heterocycles. The van der Waals surface area contributed by atoms with Crippen molar-refractivity contribution in [3.8, 4) is 22.8 Å². The summed E-state index contributed by atoms with van der Waals surface area (Å²) in [4.78, 5) is 12.9. The van der Waals surface area contributed by atoms with Crippen LogP contribution < -0.4 is 10.1 Å². The summed E-state index contributed by atoms with van der Waals surface area (Å²) >= 11 is 1.28. The highest BCUT2D eigenvalue weighted by molar-refractivity contribution is 7.99. The van der Waals surface area contributed by atoms with Crippen LogP contribution in [-0.4, -0.2) is 65.9 Å². The van der Waals surface area contributed by atoms with Gasteiger partial charge in [-0.2, -0.15) is 4.31 Å². The summed E-state index contributed by atoms with van der Waals surface area (Å²) in [6.07, 6.45) is 2.45. The van der Waals surface area contributed by atoms with E-state index in [-0.39, 0.29) is 16.6 Å². The van der Waals surface area contributed by atoms with Crippen LogP contribution in [0.3, 0.4) is 0 Å². The summed E-state index contributed by atoms with van der Waals surface area (Å²) in [6.45, 7) is 1.59. The Morgan fingerprint density at radius 3 is 2.45 bits per heavy atom. The zero-order chi connectivity index (χ0) is 28.0. The van der Waals surface area contributed by atoms with Gasteiger partial charge < -0.3 is 10.1 Å². The van der Waals surface area contributed by atoms with E-state index >= 15 is 0 Å². The summed E-state index contributed by atoms with van der Waals surface area (Å²) in [5, 5.41) is 12.3. The second kappa shape index (κ2) is 12.7. The maximum atomic E-state index is 13.2. The molecule has 0 atom stereocenters. The molecular weight excluding hydrogens is 546 g/mol. The molecule has 0 unspecified atom stereocenters. The Morgan fingerprint density at radius 2 is 1.73 bits per heavy atom. The molecule has 0 bridgehead atoms. The average Bonchev–Trinajstić information content (AvgIpc) is 3.68. The van der Waals surface area contributed by atoms with Crippen molar-refractivity contribution in [3.05, 3.63) is 84.4 Å². The number of rotatable bonds is 11. The molecule has 4 aromatic rings. The fourth-order valence-electron chi connectivity index (χ4n) is 4.55. The van der Waals surface area contributed by atoms with Gasteiger partial charge >= 0.3 is 0 Å². The third kappa shape index (κ3) is 6.38. The number of nitrogens with one attached hydrogen (secondary N) is 1. The molecule has 40 heavy (non-hydrogen) atoms. The highest BCUT2D eigenvalue weighted by Gasteiger charge is 2.28. The van der Waals surface area contributed by atoms with E-state index in [0.29, 0.717) is 42.6 Å². The van der Waals surface area contributed by atoms with Gasteiger partial charge in [0.15, 0.2) is 11.0 Å². The van der Waals surface area contributed by atoms with Crippen molar-refractivity contribution in [2.24, 2.45) is 0 Å². The molecular formula is C29H31N5O4S2. The van der Waals surface area contributed by atoms with Crippen molar-refractivity contribution < 1.29 is 17.9 Å². The molecule has 0 radical (unpaired) electrons. The van der Waals surface area contributed by atoms with Gasteiger partial charge in [-0.3, -0.25) is 9.36 Å². The van der Waals surface area contributed by atoms with Crippen LogP contribution in [0.1, 0.15) is 18.4 Å². The lowest BCUT2D eigenvalue weighted by molar-refractivity contribution is -0.118. The van der Waals surface area contributed by atoms with E-state index in [4.69, 9.17) is 4.74 Å². The molecule has 11 heteroatoms. The molecule has 0 aliphatic carbocycles. The van der Waals surface area contributed by atoms with Gasteiger partial charge in [0.25, 0.3) is 0 Å². The number of para-hydroxylation sites is 1. The number of hydrogen-bond acceptors (Lipinski definition) is 7. The lowest BCUT2D eigenvalue weighted by Crippen LogP contribution is -2.27. The Kier molecular flexibility index (Phi) is 8.83. The Bertz CT molecular complexity index is 1550. The number of hydrogen-bond donors (Lipinski definition) is 1. The SMILES string of the molecule is COc1ccc(CCNC(=O)CSc2nnc(-c3cccc(S(=O)(=O)N4CCCC4)c3)n2-c2ccccc2)cc1. The largest absolute Gasteiger partial charge is 0.497 e. The van der Waals surface area contributed by atoms with E-state index in [2.05, 4.69) is 15.5 Å². The number of carbonyl (C=O) groups is 1. The van der Waals surface area contributed by atoms with Gasteiger partial charge in [0.05, 0.1) is 17.8 Å². The summed E-state index contributed by atoms with van der Waals surface area (Å²) in [5.41, 5.74) is 2.56. The molecule has 3 aromatic carbocycles. The Hall–Kier alpha value is -3.67. The summed E-state index contributed by atoms with van der Waals surface area (Å²) < 4.78 is 35.0. The molecule has 9 nitrogen and oxygen atoms in total. The van der Waals surface area contributed by atoms with Crippen LogP contribution in [0.25, 0.3) is 17.1 Å². The fourth-order valence-corrected chi connectivity index (χ4v) is 6.90. The smallest absolute Gasteiger partial charge is 0.243 e. The van der Waals surface area contributed by atoms with Crippen molar-refractivity contribution in [1.29, 1.82) is 0 Å². The van der Waals surface area contributed by atoms with Crippen LogP contribution in [0, 0.1) is 0 Å². The Balaban J connectivity index is 1.32. The molecule has 5 rings (SSSR count). The predicted octanol–water partition coefficient (Wildman–Crippen LogP) is 4.18. The number of benzene rings is 3. The van der Waals surface area contributed by atoms with E-state index in [9.17, 15) is 13.2 Å². The molecule has 1 N–H and O–H groups in total. The molecule has 1 amide bonds. The van der Waals surface area contributed by atoms with Crippen LogP contribution in [0.15, 0.2) is 88.9 Å². The van der Waals surface area contributed by atoms with Crippen molar-refractivity contribution in [3.63, 3.8) is 0 Å². The molecule has 1 saturated heterocycles. The van der Waals surface area contributed by atoms with Gasteiger partial charge in [-0.15, -0.1) is 10.2 Å². The van der Waals surface area contributed by atoms with Gasteiger partial charge in [0.2, 0.25) is 15.9 Å². The van der Waals surface area contributed by atoms with E-state index in [1.54, 1.807) is 25.3 Å². The normalized spacial score (nSPS) is 13.8. The Morgan fingerprint density at radius 1 is 0.975 bits per heavy atom. The van der Waals surface area contributed by atoms with Gasteiger partial charge in [-0.05, 0) is 61.2 Å². The number of amides is 1. The molecule has 2 heterocycles. The zero-order valence-corrected chi connectivity index (χ0v) is 23.8. The third-order valence-corrected chi connectivity index (χ3v) is 9.49. The molecule has 1 fully saturated rings. The van der Waals surface area contributed by atoms with E-state index in [0.717, 1.165) is 29.8 Å². The van der Waals surface area contributed by atoms with E-state index in [1.165, 1.54) is 16.1 Å². The standard InChI is InChI=1S/C29H31N5O4S2/c1-38-25-14-12-22(13-15-25)16-17-30-27(35)21-39-29-32-31-28(34(29)24-9-3-2-4-10-24)23-8-7-11-26(20-23)40(36,37)33-18-5-6-19-33/h2-4,7-15,20H,5-6,16-19,21H2,1H3,(H,30,35). The number of aromatic nitrogens is 3. The van der Waals surface area contributed by atoms with Crippen LogP contribution in [0.5, 0.6) is 5.75 Å². The molecule has 1 aliphatic rings. The van der Waals surface area contributed by atoms with Gasteiger partial charge in [0.1, 0.15) is 5.75 Å². The van der Waals surface area contributed by atoms with Crippen molar-refractivity contribution in [2.45, 2.75) is 29.3 Å². The van der Waals surface area contributed by atoms with Gasteiger partial charge in [-0.1, -0.05) is 54.2 Å². The Labute approximate surface area is 238 Å². The zero-order valence-electron chi connectivity index (χ0n) is 22.2.